The monoisotopic (exact) mass is 291 g/mol. The summed E-state index contributed by atoms with van der Waals surface area (Å²) in [6.07, 6.45) is 0. The first-order valence-corrected chi connectivity index (χ1v) is 7.21. The van der Waals surface area contributed by atoms with Crippen LogP contribution in [0.4, 0.5) is 5.69 Å². The van der Waals surface area contributed by atoms with Gasteiger partial charge in [0.25, 0.3) is 0 Å². The Morgan fingerprint density at radius 2 is 1.67 bits per heavy atom. The van der Waals surface area contributed by atoms with E-state index in [1.54, 1.807) is 9.80 Å². The maximum Gasteiger partial charge on any atom is 0.246 e. The molecular formula is C16H25N3O2. The van der Waals surface area contributed by atoms with Crippen LogP contribution < -0.4 is 4.90 Å². The second kappa shape index (κ2) is 8.42. The Morgan fingerprint density at radius 3 is 2.14 bits per heavy atom. The molecule has 21 heavy (non-hydrogen) atoms. The molecule has 0 spiro atoms. The molecule has 0 saturated carbocycles. The molecule has 1 aromatic rings. The van der Waals surface area contributed by atoms with Crippen LogP contribution in [0.3, 0.4) is 0 Å². The molecule has 0 radical (unpaired) electrons. The van der Waals surface area contributed by atoms with Crippen molar-refractivity contribution in [2.45, 2.75) is 13.8 Å². The van der Waals surface area contributed by atoms with Crippen molar-refractivity contribution in [3.63, 3.8) is 0 Å². The van der Waals surface area contributed by atoms with Crippen LogP contribution in [0.1, 0.15) is 13.8 Å². The summed E-state index contributed by atoms with van der Waals surface area (Å²) in [4.78, 5) is 29.4. The highest BCUT2D eigenvalue weighted by atomic mass is 16.2. The molecule has 0 aliphatic carbocycles. The second-order valence-corrected chi connectivity index (χ2v) is 5.22. The molecule has 0 fully saturated rings. The minimum absolute atomic E-state index is 0.0577. The lowest BCUT2D eigenvalue weighted by atomic mass is 10.2. The van der Waals surface area contributed by atoms with Crippen LogP contribution in [0.15, 0.2) is 30.3 Å². The van der Waals surface area contributed by atoms with Crippen molar-refractivity contribution in [3.05, 3.63) is 30.3 Å². The van der Waals surface area contributed by atoms with E-state index in [-0.39, 0.29) is 18.4 Å². The van der Waals surface area contributed by atoms with Gasteiger partial charge >= 0.3 is 0 Å². The summed E-state index contributed by atoms with van der Waals surface area (Å²) < 4.78 is 0. The number of likely N-dealkylation sites (N-methyl/N-ethyl adjacent to an activating group) is 2. The molecule has 116 valence electrons. The van der Waals surface area contributed by atoms with Crippen LogP contribution in [-0.4, -0.2) is 61.9 Å². The number of carbonyl (C=O) groups excluding carboxylic acids is 2. The zero-order chi connectivity index (χ0) is 15.8. The zero-order valence-electron chi connectivity index (χ0n) is 13.4. The van der Waals surface area contributed by atoms with E-state index in [0.29, 0.717) is 13.1 Å². The van der Waals surface area contributed by atoms with E-state index in [1.165, 1.54) is 6.92 Å². The average Bonchev–Trinajstić information content (AvgIpc) is 2.44. The number of carbonyl (C=O) groups is 2. The number of nitrogens with zero attached hydrogens (tertiary/aromatic N) is 3. The third kappa shape index (κ3) is 5.55. The lowest BCUT2D eigenvalue weighted by molar-refractivity contribution is -0.133. The van der Waals surface area contributed by atoms with Crippen molar-refractivity contribution in [1.29, 1.82) is 0 Å². The molecule has 0 saturated heterocycles. The topological polar surface area (TPSA) is 43.9 Å². The van der Waals surface area contributed by atoms with Crippen LogP contribution in [0.5, 0.6) is 0 Å². The van der Waals surface area contributed by atoms with Gasteiger partial charge in [-0.3, -0.25) is 9.59 Å². The number of anilines is 1. The molecule has 0 aliphatic rings. The SMILES string of the molecule is CCN(C(=O)CN(CCN(C)C)C(C)=O)c1ccccc1. The molecule has 0 aliphatic heterocycles. The average molecular weight is 291 g/mol. The van der Waals surface area contributed by atoms with Gasteiger partial charge in [-0.05, 0) is 33.2 Å². The van der Waals surface area contributed by atoms with E-state index in [9.17, 15) is 9.59 Å². The van der Waals surface area contributed by atoms with E-state index >= 15 is 0 Å². The predicted octanol–water partition coefficient (Wildman–Crippen LogP) is 1.45. The molecule has 2 amide bonds. The molecule has 5 nitrogen and oxygen atoms in total. The van der Waals surface area contributed by atoms with E-state index in [4.69, 9.17) is 0 Å². The maximum absolute atomic E-state index is 12.5. The van der Waals surface area contributed by atoms with Gasteiger partial charge in [0.2, 0.25) is 11.8 Å². The highest BCUT2D eigenvalue weighted by Gasteiger charge is 2.19. The summed E-state index contributed by atoms with van der Waals surface area (Å²) in [5.74, 6) is -0.132. The Hall–Kier alpha value is -1.88. The van der Waals surface area contributed by atoms with E-state index in [1.807, 2.05) is 56.3 Å². The lowest BCUT2D eigenvalue weighted by Gasteiger charge is -2.27. The number of hydrogen-bond donors (Lipinski definition) is 0. The van der Waals surface area contributed by atoms with Gasteiger partial charge in [0, 0.05) is 32.2 Å². The number of para-hydroxylation sites is 1. The molecule has 0 heterocycles. The van der Waals surface area contributed by atoms with Gasteiger partial charge in [-0.15, -0.1) is 0 Å². The van der Waals surface area contributed by atoms with E-state index in [2.05, 4.69) is 0 Å². The van der Waals surface area contributed by atoms with Gasteiger partial charge in [-0.25, -0.2) is 0 Å². The second-order valence-electron chi connectivity index (χ2n) is 5.22. The van der Waals surface area contributed by atoms with Crippen molar-refractivity contribution in [2.24, 2.45) is 0 Å². The van der Waals surface area contributed by atoms with Gasteiger partial charge in [0.05, 0.1) is 0 Å². The molecule has 1 rings (SSSR count). The fraction of sp³-hybridized carbons (Fsp3) is 0.500. The van der Waals surface area contributed by atoms with Crippen molar-refractivity contribution < 1.29 is 9.59 Å². The largest absolute Gasteiger partial charge is 0.332 e. The maximum atomic E-state index is 12.5. The van der Waals surface area contributed by atoms with Crippen LogP contribution >= 0.6 is 0 Å². The molecule has 5 heteroatoms. The molecule has 0 bridgehead atoms. The molecule has 0 atom stereocenters. The minimum Gasteiger partial charge on any atom is -0.332 e. The number of benzene rings is 1. The van der Waals surface area contributed by atoms with Crippen molar-refractivity contribution >= 4 is 17.5 Å². The summed E-state index contributed by atoms with van der Waals surface area (Å²) in [5.41, 5.74) is 0.862. The van der Waals surface area contributed by atoms with Gasteiger partial charge in [-0.2, -0.15) is 0 Å². The predicted molar refractivity (Wildman–Crippen MR) is 85.3 cm³/mol. The van der Waals surface area contributed by atoms with Crippen LogP contribution in [0.2, 0.25) is 0 Å². The standard InChI is InChI=1S/C16H25N3O2/c1-5-19(15-9-7-6-8-10-15)16(21)13-18(14(2)20)12-11-17(3)4/h6-10H,5,11-13H2,1-4H3. The molecule has 1 aromatic carbocycles. The van der Waals surface area contributed by atoms with Crippen LogP contribution in [0.25, 0.3) is 0 Å². The van der Waals surface area contributed by atoms with Crippen molar-refractivity contribution in [3.8, 4) is 0 Å². The first-order chi connectivity index (χ1) is 9.95. The Morgan fingerprint density at radius 1 is 1.05 bits per heavy atom. The Labute approximate surface area is 127 Å². The summed E-state index contributed by atoms with van der Waals surface area (Å²) in [6.45, 7) is 5.43. The fourth-order valence-electron chi connectivity index (χ4n) is 2.03. The fourth-order valence-corrected chi connectivity index (χ4v) is 2.03. The number of hydrogen-bond acceptors (Lipinski definition) is 3. The molecule has 0 aromatic heterocycles. The third-order valence-electron chi connectivity index (χ3n) is 3.27. The molecule has 0 N–H and O–H groups in total. The zero-order valence-corrected chi connectivity index (χ0v) is 13.4. The quantitative estimate of drug-likeness (QED) is 0.764. The summed E-state index contributed by atoms with van der Waals surface area (Å²) in [5, 5.41) is 0. The molecule has 0 unspecified atom stereocenters. The summed E-state index contributed by atoms with van der Waals surface area (Å²) in [6, 6.07) is 9.53. The molecular weight excluding hydrogens is 266 g/mol. The first kappa shape index (κ1) is 17.2. The third-order valence-corrected chi connectivity index (χ3v) is 3.27. The Balaban J connectivity index is 2.73. The minimum atomic E-state index is -0.0747. The Bertz CT molecular complexity index is 460. The van der Waals surface area contributed by atoms with Gasteiger partial charge in [0.15, 0.2) is 0 Å². The van der Waals surface area contributed by atoms with Crippen molar-refractivity contribution in [2.75, 3.05) is 45.2 Å². The summed E-state index contributed by atoms with van der Waals surface area (Å²) in [7, 11) is 3.89. The van der Waals surface area contributed by atoms with E-state index in [0.717, 1.165) is 12.2 Å². The van der Waals surface area contributed by atoms with Gasteiger partial charge in [0.1, 0.15) is 6.54 Å². The first-order valence-electron chi connectivity index (χ1n) is 7.21. The van der Waals surface area contributed by atoms with E-state index < -0.39 is 0 Å². The van der Waals surface area contributed by atoms with Crippen molar-refractivity contribution in [1.82, 2.24) is 9.80 Å². The van der Waals surface area contributed by atoms with Gasteiger partial charge < -0.3 is 14.7 Å². The normalized spacial score (nSPS) is 10.5. The smallest absolute Gasteiger partial charge is 0.246 e. The van der Waals surface area contributed by atoms with Crippen LogP contribution in [0, 0.1) is 0 Å². The number of amides is 2. The highest BCUT2D eigenvalue weighted by Crippen LogP contribution is 2.13. The Kier molecular flexibility index (Phi) is 6.88. The lowest BCUT2D eigenvalue weighted by Crippen LogP contribution is -2.44. The van der Waals surface area contributed by atoms with Gasteiger partial charge in [-0.1, -0.05) is 18.2 Å². The highest BCUT2D eigenvalue weighted by molar-refractivity contribution is 5.96. The number of rotatable bonds is 7. The van der Waals surface area contributed by atoms with Crippen LogP contribution in [-0.2, 0) is 9.59 Å². The summed E-state index contributed by atoms with van der Waals surface area (Å²) >= 11 is 0.